The van der Waals surface area contributed by atoms with Crippen molar-refractivity contribution in [3.05, 3.63) is 36.0 Å². The Morgan fingerprint density at radius 3 is 2.42 bits per heavy atom. The summed E-state index contributed by atoms with van der Waals surface area (Å²) in [5.74, 6) is -0.219. The van der Waals surface area contributed by atoms with Crippen molar-refractivity contribution in [1.29, 1.82) is 0 Å². The molecule has 0 spiro atoms. The van der Waals surface area contributed by atoms with E-state index in [4.69, 9.17) is 0 Å². The minimum atomic E-state index is -1.01. The van der Waals surface area contributed by atoms with E-state index in [-0.39, 0.29) is 5.91 Å². The third-order valence-electron chi connectivity index (χ3n) is 3.73. The second-order valence-electron chi connectivity index (χ2n) is 5.91. The van der Waals surface area contributed by atoms with Gasteiger partial charge in [-0.05, 0) is 39.8 Å². The number of nitrogens with one attached hydrogen (secondary N) is 2. The van der Waals surface area contributed by atoms with E-state index in [1.54, 1.807) is 27.7 Å². The highest BCUT2D eigenvalue weighted by Gasteiger charge is 2.36. The number of aromatic nitrogens is 1. The van der Waals surface area contributed by atoms with Crippen LogP contribution in [0.3, 0.4) is 0 Å². The number of H-pyrrole nitrogens is 1. The molecule has 3 N–H and O–H groups in total. The van der Waals surface area contributed by atoms with E-state index in [2.05, 4.69) is 10.3 Å². The Kier molecular flexibility index (Phi) is 3.14. The first-order valence-electron chi connectivity index (χ1n) is 6.33. The number of amides is 1. The lowest BCUT2D eigenvalue weighted by Gasteiger charge is -2.37. The van der Waals surface area contributed by atoms with Crippen molar-refractivity contribution < 1.29 is 9.90 Å². The number of hydrogen-bond acceptors (Lipinski definition) is 2. The lowest BCUT2D eigenvalue weighted by molar-refractivity contribution is -0.00300. The summed E-state index contributed by atoms with van der Waals surface area (Å²) in [5, 5.41) is 13.9. The Balaban J connectivity index is 2.25. The van der Waals surface area contributed by atoms with E-state index in [1.165, 1.54) is 0 Å². The zero-order valence-electron chi connectivity index (χ0n) is 11.7. The molecule has 0 saturated heterocycles. The second-order valence-corrected chi connectivity index (χ2v) is 5.91. The second kappa shape index (κ2) is 4.38. The predicted octanol–water partition coefficient (Wildman–Crippen LogP) is 2.45. The number of rotatable bonds is 3. The van der Waals surface area contributed by atoms with Crippen LogP contribution >= 0.6 is 0 Å². The highest BCUT2D eigenvalue weighted by molar-refractivity contribution is 5.98. The van der Waals surface area contributed by atoms with Crippen molar-refractivity contribution in [2.45, 2.75) is 38.8 Å². The summed E-state index contributed by atoms with van der Waals surface area (Å²) in [6.45, 7) is 6.96. The van der Waals surface area contributed by atoms with Gasteiger partial charge in [-0.3, -0.25) is 4.79 Å². The number of carbonyl (C=O) groups is 1. The zero-order valence-corrected chi connectivity index (χ0v) is 11.7. The number of aromatic amines is 1. The average Bonchev–Trinajstić information content (AvgIpc) is 2.70. The van der Waals surface area contributed by atoms with Gasteiger partial charge in [-0.2, -0.15) is 0 Å². The van der Waals surface area contributed by atoms with Crippen LogP contribution in [-0.4, -0.2) is 27.1 Å². The van der Waals surface area contributed by atoms with E-state index in [9.17, 15) is 9.90 Å². The van der Waals surface area contributed by atoms with E-state index in [0.29, 0.717) is 5.69 Å². The van der Waals surface area contributed by atoms with Crippen LogP contribution in [-0.2, 0) is 0 Å². The maximum Gasteiger partial charge on any atom is 0.268 e. The summed E-state index contributed by atoms with van der Waals surface area (Å²) < 4.78 is 0. The van der Waals surface area contributed by atoms with Gasteiger partial charge >= 0.3 is 0 Å². The van der Waals surface area contributed by atoms with Gasteiger partial charge in [0, 0.05) is 10.9 Å². The lowest BCUT2D eigenvalue weighted by Crippen LogP contribution is -2.57. The van der Waals surface area contributed by atoms with Gasteiger partial charge in [0.05, 0.1) is 11.1 Å². The minimum absolute atomic E-state index is 0.219. The molecule has 1 amide bonds. The SMILES string of the molecule is CC(C)(O)C(C)(C)NC(=O)c1cc2ccccc2[nH]1. The summed E-state index contributed by atoms with van der Waals surface area (Å²) in [7, 11) is 0. The smallest absolute Gasteiger partial charge is 0.268 e. The summed E-state index contributed by atoms with van der Waals surface area (Å²) in [5.41, 5.74) is -0.303. The number of carbonyl (C=O) groups excluding carboxylic acids is 1. The molecular formula is C15H20N2O2. The highest BCUT2D eigenvalue weighted by atomic mass is 16.3. The van der Waals surface area contributed by atoms with Crippen molar-refractivity contribution in [3.63, 3.8) is 0 Å². The van der Waals surface area contributed by atoms with Crippen molar-refractivity contribution in [3.8, 4) is 0 Å². The third-order valence-corrected chi connectivity index (χ3v) is 3.73. The van der Waals surface area contributed by atoms with Gasteiger partial charge in [0.15, 0.2) is 0 Å². The van der Waals surface area contributed by atoms with Crippen molar-refractivity contribution in [1.82, 2.24) is 10.3 Å². The molecule has 2 rings (SSSR count). The van der Waals surface area contributed by atoms with E-state index < -0.39 is 11.1 Å². The molecule has 0 aliphatic rings. The lowest BCUT2D eigenvalue weighted by atomic mass is 9.86. The fourth-order valence-electron chi connectivity index (χ4n) is 1.70. The monoisotopic (exact) mass is 260 g/mol. The summed E-state index contributed by atoms with van der Waals surface area (Å²) in [6, 6.07) is 9.53. The molecule has 4 heteroatoms. The molecule has 0 saturated carbocycles. The Bertz CT molecular complexity index is 573. The van der Waals surface area contributed by atoms with Crippen LogP contribution < -0.4 is 5.32 Å². The normalized spacial score (nSPS) is 12.7. The standard InChI is InChI=1S/C15H20N2O2/c1-14(2,15(3,4)19)17-13(18)12-9-10-7-5-6-8-11(10)16-12/h5-9,16,19H,1-4H3,(H,17,18). The Morgan fingerprint density at radius 2 is 1.84 bits per heavy atom. The predicted molar refractivity (Wildman–Crippen MR) is 76.1 cm³/mol. The molecular weight excluding hydrogens is 240 g/mol. The maximum absolute atomic E-state index is 12.2. The van der Waals surface area contributed by atoms with Crippen LogP contribution in [0.1, 0.15) is 38.2 Å². The molecule has 1 aromatic carbocycles. The summed E-state index contributed by atoms with van der Waals surface area (Å²) in [4.78, 5) is 15.3. The zero-order chi connectivity index (χ0) is 14.3. The highest BCUT2D eigenvalue weighted by Crippen LogP contribution is 2.22. The molecule has 1 heterocycles. The number of fused-ring (bicyclic) bond motifs is 1. The topological polar surface area (TPSA) is 65.1 Å². The fraction of sp³-hybridized carbons (Fsp3) is 0.400. The summed E-state index contributed by atoms with van der Waals surface area (Å²) in [6.07, 6.45) is 0. The number of aliphatic hydroxyl groups is 1. The maximum atomic E-state index is 12.2. The van der Waals surface area contributed by atoms with Gasteiger partial charge < -0.3 is 15.4 Å². The molecule has 2 aromatic rings. The molecule has 102 valence electrons. The van der Waals surface area contributed by atoms with Crippen LogP contribution in [0.2, 0.25) is 0 Å². The van der Waals surface area contributed by atoms with Crippen LogP contribution in [0, 0.1) is 0 Å². The van der Waals surface area contributed by atoms with Gasteiger partial charge in [-0.1, -0.05) is 18.2 Å². The van der Waals surface area contributed by atoms with Gasteiger partial charge in [-0.25, -0.2) is 0 Å². The van der Waals surface area contributed by atoms with Crippen molar-refractivity contribution in [2.24, 2.45) is 0 Å². The molecule has 4 nitrogen and oxygen atoms in total. The van der Waals surface area contributed by atoms with Crippen molar-refractivity contribution in [2.75, 3.05) is 0 Å². The van der Waals surface area contributed by atoms with E-state index in [0.717, 1.165) is 10.9 Å². The Morgan fingerprint density at radius 1 is 1.21 bits per heavy atom. The molecule has 0 bridgehead atoms. The minimum Gasteiger partial charge on any atom is -0.388 e. The molecule has 0 radical (unpaired) electrons. The van der Waals surface area contributed by atoms with Gasteiger partial charge in [0.25, 0.3) is 5.91 Å². The number of benzene rings is 1. The summed E-state index contributed by atoms with van der Waals surface area (Å²) >= 11 is 0. The molecule has 1 aromatic heterocycles. The quantitative estimate of drug-likeness (QED) is 0.793. The molecule has 0 fully saturated rings. The van der Waals surface area contributed by atoms with E-state index >= 15 is 0 Å². The Hall–Kier alpha value is -1.81. The molecule has 19 heavy (non-hydrogen) atoms. The van der Waals surface area contributed by atoms with Gasteiger partial charge in [0.2, 0.25) is 0 Å². The largest absolute Gasteiger partial charge is 0.388 e. The molecule has 0 unspecified atom stereocenters. The van der Waals surface area contributed by atoms with Crippen LogP contribution in [0.25, 0.3) is 10.9 Å². The van der Waals surface area contributed by atoms with Crippen LogP contribution in [0.5, 0.6) is 0 Å². The molecule has 0 atom stereocenters. The van der Waals surface area contributed by atoms with Crippen LogP contribution in [0.15, 0.2) is 30.3 Å². The molecule has 0 aliphatic heterocycles. The first-order valence-corrected chi connectivity index (χ1v) is 6.33. The van der Waals surface area contributed by atoms with Gasteiger partial charge in [-0.15, -0.1) is 0 Å². The first-order chi connectivity index (χ1) is 8.71. The van der Waals surface area contributed by atoms with Crippen molar-refractivity contribution >= 4 is 16.8 Å². The van der Waals surface area contributed by atoms with Crippen LogP contribution in [0.4, 0.5) is 0 Å². The number of para-hydroxylation sites is 1. The van der Waals surface area contributed by atoms with E-state index in [1.807, 2.05) is 30.3 Å². The fourth-order valence-corrected chi connectivity index (χ4v) is 1.70. The third kappa shape index (κ3) is 2.63. The van der Waals surface area contributed by atoms with Gasteiger partial charge in [0.1, 0.15) is 5.69 Å². The number of hydrogen-bond donors (Lipinski definition) is 3. The first kappa shape index (κ1) is 13.6. The Labute approximate surface area is 112 Å². The molecule has 0 aliphatic carbocycles. The average molecular weight is 260 g/mol.